The molecule has 1 fully saturated rings. The van der Waals surface area contributed by atoms with Crippen molar-refractivity contribution in [1.82, 2.24) is 25.1 Å². The van der Waals surface area contributed by atoms with E-state index in [4.69, 9.17) is 4.42 Å². The van der Waals surface area contributed by atoms with E-state index in [9.17, 15) is 4.79 Å². The largest absolute Gasteiger partial charge is 0.467 e. The van der Waals surface area contributed by atoms with Crippen molar-refractivity contribution in [3.05, 3.63) is 48.7 Å². The number of rotatable bonds is 7. The maximum absolute atomic E-state index is 12.8. The predicted octanol–water partition coefficient (Wildman–Crippen LogP) is 4.30. The van der Waals surface area contributed by atoms with Gasteiger partial charge in [-0.25, -0.2) is 0 Å². The molecule has 158 valence electrons. The number of nitrogens with one attached hydrogen (secondary N) is 1. The second kappa shape index (κ2) is 9.93. The van der Waals surface area contributed by atoms with E-state index >= 15 is 0 Å². The monoisotopic (exact) mass is 425 g/mol. The fourth-order valence-corrected chi connectivity index (χ4v) is 4.60. The van der Waals surface area contributed by atoms with Crippen LogP contribution < -0.4 is 5.32 Å². The third-order valence-corrected chi connectivity index (χ3v) is 6.46. The highest BCUT2D eigenvalue weighted by molar-refractivity contribution is 8.00. The summed E-state index contributed by atoms with van der Waals surface area (Å²) in [6.07, 6.45) is 12.2. The molecule has 0 aliphatic heterocycles. The average Bonchev–Trinajstić information content (AvgIpc) is 3.34. The van der Waals surface area contributed by atoms with Crippen molar-refractivity contribution < 1.29 is 9.21 Å². The van der Waals surface area contributed by atoms with Crippen molar-refractivity contribution >= 4 is 17.7 Å². The van der Waals surface area contributed by atoms with Crippen LogP contribution in [0, 0.1) is 0 Å². The van der Waals surface area contributed by atoms with Crippen LogP contribution in [-0.4, -0.2) is 36.9 Å². The molecule has 3 heterocycles. The SMILES string of the molecule is C[C@@H](Sc1nnc(-c2cccnc2)n1Cc1ccco1)C(=O)NC1CCCCCC1. The molecule has 0 saturated heterocycles. The summed E-state index contributed by atoms with van der Waals surface area (Å²) in [5.41, 5.74) is 0.874. The highest BCUT2D eigenvalue weighted by atomic mass is 32.2. The van der Waals surface area contributed by atoms with Gasteiger partial charge >= 0.3 is 0 Å². The van der Waals surface area contributed by atoms with E-state index in [1.165, 1.54) is 37.4 Å². The maximum Gasteiger partial charge on any atom is 0.233 e. The standard InChI is InChI=1S/C22H27N5O2S/c1-16(21(28)24-18-9-4-2-3-5-10-18)30-22-26-25-20(17-8-6-12-23-14-17)27(22)15-19-11-7-13-29-19/h6-8,11-14,16,18H,2-5,9-10,15H2,1H3,(H,24,28)/t16-/m1/s1. The lowest BCUT2D eigenvalue weighted by atomic mass is 10.1. The first-order valence-corrected chi connectivity index (χ1v) is 11.4. The molecule has 1 aliphatic rings. The molecule has 1 amide bonds. The summed E-state index contributed by atoms with van der Waals surface area (Å²) in [6.45, 7) is 2.41. The summed E-state index contributed by atoms with van der Waals surface area (Å²) < 4.78 is 7.52. The van der Waals surface area contributed by atoms with E-state index < -0.39 is 0 Å². The second-order valence-corrected chi connectivity index (χ2v) is 8.98. The van der Waals surface area contributed by atoms with Gasteiger partial charge in [0.15, 0.2) is 11.0 Å². The van der Waals surface area contributed by atoms with Crippen LogP contribution in [0.2, 0.25) is 0 Å². The molecule has 1 atom stereocenters. The lowest BCUT2D eigenvalue weighted by Gasteiger charge is -2.19. The van der Waals surface area contributed by atoms with Crippen LogP contribution in [0.15, 0.2) is 52.5 Å². The summed E-state index contributed by atoms with van der Waals surface area (Å²) in [5, 5.41) is 12.4. The third-order valence-electron chi connectivity index (χ3n) is 5.38. The topological polar surface area (TPSA) is 85.8 Å². The zero-order chi connectivity index (χ0) is 20.8. The van der Waals surface area contributed by atoms with Crippen LogP contribution in [0.5, 0.6) is 0 Å². The average molecular weight is 426 g/mol. The highest BCUT2D eigenvalue weighted by Crippen LogP contribution is 2.28. The van der Waals surface area contributed by atoms with Gasteiger partial charge in [0.2, 0.25) is 5.91 Å². The van der Waals surface area contributed by atoms with Crippen LogP contribution in [0.25, 0.3) is 11.4 Å². The van der Waals surface area contributed by atoms with Crippen molar-refractivity contribution in [1.29, 1.82) is 0 Å². The van der Waals surface area contributed by atoms with Crippen molar-refractivity contribution in [2.24, 2.45) is 0 Å². The Kier molecular flexibility index (Phi) is 6.84. The Morgan fingerprint density at radius 3 is 2.77 bits per heavy atom. The number of nitrogens with zero attached hydrogens (tertiary/aromatic N) is 4. The first-order valence-electron chi connectivity index (χ1n) is 10.5. The predicted molar refractivity (Wildman–Crippen MR) is 116 cm³/mol. The Labute approximate surface area is 180 Å². The van der Waals surface area contributed by atoms with Crippen molar-refractivity contribution in [3.63, 3.8) is 0 Å². The van der Waals surface area contributed by atoms with E-state index in [0.717, 1.165) is 24.2 Å². The molecule has 3 aromatic heterocycles. The number of furan rings is 1. The van der Waals surface area contributed by atoms with E-state index in [1.807, 2.05) is 35.8 Å². The third kappa shape index (κ3) is 5.11. The fourth-order valence-electron chi connectivity index (χ4n) is 3.74. The number of aromatic nitrogens is 4. The molecule has 8 heteroatoms. The van der Waals surface area contributed by atoms with Crippen molar-refractivity contribution in [2.45, 2.75) is 68.4 Å². The molecule has 1 aliphatic carbocycles. The van der Waals surface area contributed by atoms with Crippen molar-refractivity contribution in [2.75, 3.05) is 0 Å². The lowest BCUT2D eigenvalue weighted by molar-refractivity contribution is -0.121. The van der Waals surface area contributed by atoms with Gasteiger partial charge in [-0.3, -0.25) is 14.3 Å². The van der Waals surface area contributed by atoms with Gasteiger partial charge < -0.3 is 9.73 Å². The first-order chi connectivity index (χ1) is 14.7. The number of pyridine rings is 1. The molecular weight excluding hydrogens is 398 g/mol. The molecule has 7 nitrogen and oxygen atoms in total. The minimum atomic E-state index is -0.269. The molecule has 3 aromatic rings. The Morgan fingerprint density at radius 2 is 2.07 bits per heavy atom. The summed E-state index contributed by atoms with van der Waals surface area (Å²) in [6, 6.07) is 7.89. The minimum Gasteiger partial charge on any atom is -0.467 e. The Bertz CT molecular complexity index is 934. The number of amides is 1. The Hall–Kier alpha value is -2.61. The number of hydrogen-bond acceptors (Lipinski definition) is 6. The normalized spacial score (nSPS) is 16.2. The summed E-state index contributed by atoms with van der Waals surface area (Å²) in [7, 11) is 0. The van der Waals surface area contributed by atoms with E-state index in [2.05, 4.69) is 20.5 Å². The van der Waals surface area contributed by atoms with Gasteiger partial charge in [0.05, 0.1) is 18.1 Å². The fraction of sp³-hybridized carbons (Fsp3) is 0.455. The molecule has 1 saturated carbocycles. The van der Waals surface area contributed by atoms with Crippen LogP contribution >= 0.6 is 11.8 Å². The van der Waals surface area contributed by atoms with Gasteiger partial charge in [-0.05, 0) is 44.0 Å². The van der Waals surface area contributed by atoms with Gasteiger partial charge in [-0.1, -0.05) is 37.4 Å². The van der Waals surface area contributed by atoms with Crippen LogP contribution in [0.4, 0.5) is 0 Å². The summed E-state index contributed by atoms with van der Waals surface area (Å²) in [5.74, 6) is 1.57. The zero-order valence-corrected chi connectivity index (χ0v) is 18.0. The molecule has 0 spiro atoms. The first kappa shape index (κ1) is 20.7. The molecule has 0 radical (unpaired) electrons. The van der Waals surface area contributed by atoms with Gasteiger partial charge in [-0.15, -0.1) is 10.2 Å². The van der Waals surface area contributed by atoms with Crippen LogP contribution in [-0.2, 0) is 11.3 Å². The quantitative estimate of drug-likeness (QED) is 0.449. The molecule has 4 rings (SSSR count). The molecule has 0 aromatic carbocycles. The Morgan fingerprint density at radius 1 is 1.23 bits per heavy atom. The smallest absolute Gasteiger partial charge is 0.233 e. The maximum atomic E-state index is 12.8. The van der Waals surface area contributed by atoms with Crippen molar-refractivity contribution in [3.8, 4) is 11.4 Å². The molecular formula is C22H27N5O2S. The summed E-state index contributed by atoms with van der Waals surface area (Å²) >= 11 is 1.42. The van der Waals surface area contributed by atoms with E-state index in [1.54, 1.807) is 18.7 Å². The highest BCUT2D eigenvalue weighted by Gasteiger charge is 2.23. The molecule has 1 N–H and O–H groups in total. The van der Waals surface area contributed by atoms with Gasteiger partial charge in [-0.2, -0.15) is 0 Å². The lowest BCUT2D eigenvalue weighted by Crippen LogP contribution is -2.39. The van der Waals surface area contributed by atoms with Gasteiger partial charge in [0, 0.05) is 24.0 Å². The van der Waals surface area contributed by atoms with E-state index in [0.29, 0.717) is 17.5 Å². The minimum absolute atomic E-state index is 0.0578. The van der Waals surface area contributed by atoms with Crippen LogP contribution in [0.1, 0.15) is 51.2 Å². The van der Waals surface area contributed by atoms with Crippen LogP contribution in [0.3, 0.4) is 0 Å². The van der Waals surface area contributed by atoms with Gasteiger partial charge in [0.1, 0.15) is 5.76 Å². The number of carbonyl (C=O) groups is 1. The van der Waals surface area contributed by atoms with E-state index in [-0.39, 0.29) is 17.2 Å². The Balaban J connectivity index is 1.51. The zero-order valence-electron chi connectivity index (χ0n) is 17.2. The number of hydrogen-bond donors (Lipinski definition) is 1. The molecule has 30 heavy (non-hydrogen) atoms. The molecule has 0 unspecified atom stereocenters. The van der Waals surface area contributed by atoms with Gasteiger partial charge in [0.25, 0.3) is 0 Å². The number of thioether (sulfide) groups is 1. The number of carbonyl (C=O) groups excluding carboxylic acids is 1. The second-order valence-electron chi connectivity index (χ2n) is 7.67. The molecule has 0 bridgehead atoms. The summed E-state index contributed by atoms with van der Waals surface area (Å²) in [4.78, 5) is 17.0.